The van der Waals surface area contributed by atoms with Crippen molar-refractivity contribution in [3.05, 3.63) is 73.2 Å². The minimum absolute atomic E-state index is 0.178. The fourth-order valence-electron chi connectivity index (χ4n) is 4.64. The second-order valence-electron chi connectivity index (χ2n) is 8.96. The Bertz CT molecular complexity index is 1730. The van der Waals surface area contributed by atoms with Crippen molar-refractivity contribution >= 4 is 27.8 Å². The van der Waals surface area contributed by atoms with Gasteiger partial charge < -0.3 is 15.6 Å². The first kappa shape index (κ1) is 20.7. The first-order valence-electron chi connectivity index (χ1n) is 11.5. The quantitative estimate of drug-likeness (QED) is 0.351. The van der Waals surface area contributed by atoms with Crippen molar-refractivity contribution in [3.8, 4) is 33.8 Å². The van der Waals surface area contributed by atoms with Crippen LogP contribution in [0.1, 0.15) is 0 Å². The summed E-state index contributed by atoms with van der Waals surface area (Å²) in [5.41, 5.74) is 12.4. The summed E-state index contributed by atoms with van der Waals surface area (Å²) in [4.78, 5) is 23.6. The number of hydrogen-bond acceptors (Lipinski definition) is 7. The molecule has 1 fully saturated rings. The molecule has 0 amide bonds. The molecule has 1 aliphatic heterocycles. The molecule has 0 atom stereocenters. The molecule has 9 nitrogen and oxygen atoms in total. The number of benzene rings is 1. The molecule has 6 heterocycles. The van der Waals surface area contributed by atoms with Crippen LogP contribution in [0.25, 0.3) is 55.7 Å². The second-order valence-corrected chi connectivity index (χ2v) is 8.96. The van der Waals surface area contributed by atoms with E-state index >= 15 is 0 Å². The van der Waals surface area contributed by atoms with E-state index in [1.54, 1.807) is 43.1 Å². The van der Waals surface area contributed by atoms with Crippen molar-refractivity contribution in [2.24, 2.45) is 5.73 Å². The third-order valence-corrected chi connectivity index (χ3v) is 6.53. The Labute approximate surface area is 204 Å². The third kappa shape index (κ3) is 3.38. The zero-order valence-electron chi connectivity index (χ0n) is 19.0. The average Bonchev–Trinajstić information content (AvgIpc) is 3.51. The molecule has 1 saturated heterocycles. The molecule has 0 aliphatic carbocycles. The number of aromatic nitrogens is 7. The van der Waals surface area contributed by atoms with Gasteiger partial charge in [0.25, 0.3) is 0 Å². The van der Waals surface area contributed by atoms with Crippen LogP contribution in [-0.2, 0) is 0 Å². The van der Waals surface area contributed by atoms with Crippen molar-refractivity contribution < 1.29 is 4.39 Å². The summed E-state index contributed by atoms with van der Waals surface area (Å²) in [7, 11) is 0. The van der Waals surface area contributed by atoms with Crippen molar-refractivity contribution in [2.45, 2.75) is 6.04 Å². The molecule has 10 heteroatoms. The average molecular weight is 478 g/mol. The Morgan fingerprint density at radius 2 is 1.75 bits per heavy atom. The number of aromatic amines is 2. The van der Waals surface area contributed by atoms with Crippen LogP contribution in [0.3, 0.4) is 0 Å². The van der Waals surface area contributed by atoms with Gasteiger partial charge in [0.2, 0.25) is 0 Å². The minimum Gasteiger partial charge on any atom is -0.352 e. The lowest BCUT2D eigenvalue weighted by atomic mass is 10.0. The normalized spacial score (nSPS) is 14.0. The predicted molar refractivity (Wildman–Crippen MR) is 136 cm³/mol. The van der Waals surface area contributed by atoms with Crippen molar-refractivity contribution in [3.63, 3.8) is 0 Å². The number of nitrogens with one attached hydrogen (secondary N) is 2. The van der Waals surface area contributed by atoms with E-state index in [9.17, 15) is 4.39 Å². The van der Waals surface area contributed by atoms with E-state index in [0.29, 0.717) is 5.65 Å². The molecule has 5 aromatic heterocycles. The molecule has 0 saturated carbocycles. The van der Waals surface area contributed by atoms with Crippen LogP contribution in [0.4, 0.5) is 10.2 Å². The number of pyridine rings is 2. The molecule has 1 aromatic carbocycles. The summed E-state index contributed by atoms with van der Waals surface area (Å²) in [6.45, 7) is 1.55. The number of fused-ring (bicyclic) bond motifs is 2. The number of rotatable bonds is 4. The lowest BCUT2D eigenvalue weighted by Gasteiger charge is -2.37. The van der Waals surface area contributed by atoms with Gasteiger partial charge in [0.15, 0.2) is 5.65 Å². The SMILES string of the molecule is NC1CN(c2cncc(-c3cnc4n[nH]c(-c5cc6c(-c7ccc(F)cc7)cncc6[nH]5)c4c3)n2)C1. The van der Waals surface area contributed by atoms with Gasteiger partial charge in [-0.1, -0.05) is 12.1 Å². The molecule has 0 bridgehead atoms. The first-order chi connectivity index (χ1) is 17.6. The van der Waals surface area contributed by atoms with Crippen molar-refractivity contribution in [2.75, 3.05) is 18.0 Å². The minimum atomic E-state index is -0.274. The van der Waals surface area contributed by atoms with Crippen LogP contribution in [0.15, 0.2) is 67.4 Å². The Kier molecular flexibility index (Phi) is 4.55. The number of nitrogens with zero attached hydrogens (tertiary/aromatic N) is 6. The molecular weight excluding hydrogens is 457 g/mol. The number of H-pyrrole nitrogens is 2. The fraction of sp³-hybridized carbons (Fsp3) is 0.115. The molecule has 0 unspecified atom stereocenters. The molecule has 0 spiro atoms. The molecule has 176 valence electrons. The lowest BCUT2D eigenvalue weighted by molar-refractivity contribution is 0.514. The van der Waals surface area contributed by atoms with Crippen molar-refractivity contribution in [1.29, 1.82) is 0 Å². The highest BCUT2D eigenvalue weighted by atomic mass is 19.1. The summed E-state index contributed by atoms with van der Waals surface area (Å²) in [6.07, 6.45) is 8.80. The van der Waals surface area contributed by atoms with Gasteiger partial charge in [-0.25, -0.2) is 14.4 Å². The zero-order valence-corrected chi connectivity index (χ0v) is 19.0. The molecule has 4 N–H and O–H groups in total. The van der Waals surface area contributed by atoms with E-state index in [4.69, 9.17) is 10.7 Å². The van der Waals surface area contributed by atoms with E-state index < -0.39 is 0 Å². The van der Waals surface area contributed by atoms with E-state index in [1.165, 1.54) is 12.1 Å². The van der Waals surface area contributed by atoms with Crippen LogP contribution in [0, 0.1) is 5.82 Å². The summed E-state index contributed by atoms with van der Waals surface area (Å²) >= 11 is 0. The molecule has 7 rings (SSSR count). The summed E-state index contributed by atoms with van der Waals surface area (Å²) < 4.78 is 13.5. The van der Waals surface area contributed by atoms with Crippen LogP contribution >= 0.6 is 0 Å². The largest absolute Gasteiger partial charge is 0.352 e. The van der Waals surface area contributed by atoms with Gasteiger partial charge in [-0.15, -0.1) is 0 Å². The van der Waals surface area contributed by atoms with E-state index in [1.807, 2.05) is 12.1 Å². The maximum absolute atomic E-state index is 13.5. The number of anilines is 1. The smallest absolute Gasteiger partial charge is 0.181 e. The van der Waals surface area contributed by atoms with Gasteiger partial charge in [-0.3, -0.25) is 15.1 Å². The standard InChI is InChI=1S/C26H20FN9/c27-16-3-1-14(2-4-16)20-8-29-10-23-18(20)6-21(32-23)25-19-5-15(7-31-26(19)35-34-25)22-9-30-11-24(33-22)36-12-17(28)13-36/h1-11,17,32H,12-13,28H2,(H,31,34,35). The predicted octanol–water partition coefficient (Wildman–Crippen LogP) is 3.91. The van der Waals surface area contributed by atoms with Crippen LogP contribution in [0.5, 0.6) is 0 Å². The summed E-state index contributed by atoms with van der Waals surface area (Å²) in [5, 5.41) is 9.34. The Morgan fingerprint density at radius 3 is 2.58 bits per heavy atom. The highest BCUT2D eigenvalue weighted by Gasteiger charge is 2.24. The van der Waals surface area contributed by atoms with E-state index in [-0.39, 0.29) is 11.9 Å². The second kappa shape index (κ2) is 7.92. The van der Waals surface area contributed by atoms with Gasteiger partial charge in [-0.05, 0) is 29.8 Å². The van der Waals surface area contributed by atoms with E-state index in [0.717, 1.165) is 69.0 Å². The van der Waals surface area contributed by atoms with Gasteiger partial charge in [-0.2, -0.15) is 5.10 Å². The molecule has 36 heavy (non-hydrogen) atoms. The van der Waals surface area contributed by atoms with Crippen LogP contribution < -0.4 is 10.6 Å². The van der Waals surface area contributed by atoms with Crippen LogP contribution in [0.2, 0.25) is 0 Å². The lowest BCUT2D eigenvalue weighted by Crippen LogP contribution is -2.56. The van der Waals surface area contributed by atoms with Gasteiger partial charge in [0.1, 0.15) is 11.6 Å². The molecule has 0 radical (unpaired) electrons. The van der Waals surface area contributed by atoms with Gasteiger partial charge in [0, 0.05) is 53.4 Å². The maximum Gasteiger partial charge on any atom is 0.181 e. The van der Waals surface area contributed by atoms with Crippen LogP contribution in [-0.4, -0.2) is 54.2 Å². The molecular formula is C26H20FN9. The maximum atomic E-state index is 13.5. The number of nitrogens with two attached hydrogens (primary N) is 1. The Balaban J connectivity index is 1.30. The third-order valence-electron chi connectivity index (χ3n) is 6.53. The molecule has 1 aliphatic rings. The van der Waals surface area contributed by atoms with E-state index in [2.05, 4.69) is 35.0 Å². The highest BCUT2D eigenvalue weighted by Crippen LogP contribution is 2.34. The summed E-state index contributed by atoms with van der Waals surface area (Å²) in [5.74, 6) is 0.530. The monoisotopic (exact) mass is 477 g/mol. The van der Waals surface area contributed by atoms with Gasteiger partial charge in [0.05, 0.1) is 41.2 Å². The fourth-order valence-corrected chi connectivity index (χ4v) is 4.64. The zero-order chi connectivity index (χ0) is 24.2. The Hall–Kier alpha value is -4.70. The topological polar surface area (TPSA) is 125 Å². The first-order valence-corrected chi connectivity index (χ1v) is 11.5. The Morgan fingerprint density at radius 1 is 0.917 bits per heavy atom. The number of hydrogen-bond donors (Lipinski definition) is 3. The van der Waals surface area contributed by atoms with Crippen molar-refractivity contribution in [1.82, 2.24) is 35.1 Å². The van der Waals surface area contributed by atoms with Gasteiger partial charge >= 0.3 is 0 Å². The molecule has 6 aromatic rings. The highest BCUT2D eigenvalue weighted by molar-refractivity contribution is 6.00. The summed E-state index contributed by atoms with van der Waals surface area (Å²) in [6, 6.07) is 10.6. The number of halogens is 1.